The molecule has 1 aromatic heterocycles. The maximum atomic E-state index is 12.3. The number of nitrogens with one attached hydrogen (secondary N) is 1. The van der Waals surface area contributed by atoms with Crippen LogP contribution >= 0.6 is 11.3 Å². The molecule has 6 nitrogen and oxygen atoms in total. The molecule has 1 N–H and O–H groups in total. The van der Waals surface area contributed by atoms with E-state index in [2.05, 4.69) is 4.72 Å². The number of hydrogen-bond acceptors (Lipinski definition) is 5. The van der Waals surface area contributed by atoms with E-state index >= 15 is 0 Å². The third-order valence-corrected chi connectivity index (χ3v) is 7.18. The number of ether oxygens (including phenoxy) is 1. The lowest BCUT2D eigenvalue weighted by Gasteiger charge is -2.32. The Labute approximate surface area is 157 Å². The van der Waals surface area contributed by atoms with E-state index in [1.54, 1.807) is 22.4 Å². The van der Waals surface area contributed by atoms with Crippen LogP contribution in [-0.4, -0.2) is 45.0 Å². The average molecular weight is 395 g/mol. The van der Waals surface area contributed by atoms with E-state index in [9.17, 15) is 13.2 Å². The molecule has 1 aliphatic rings. The first kappa shape index (κ1) is 19.0. The van der Waals surface area contributed by atoms with Crippen molar-refractivity contribution >= 4 is 27.3 Å². The molecule has 0 aliphatic carbocycles. The summed E-state index contributed by atoms with van der Waals surface area (Å²) in [6.45, 7) is 1.51. The molecule has 0 bridgehead atoms. The smallest absolute Gasteiger partial charge is 0.250 e. The number of carbonyl (C=O) groups excluding carboxylic acids is 1. The Kier molecular flexibility index (Phi) is 6.42. The van der Waals surface area contributed by atoms with Crippen LogP contribution in [0.2, 0.25) is 0 Å². The molecule has 0 unspecified atom stereocenters. The SMILES string of the molecule is O=C(COCc1ccccc1)N1CCC(NS(=O)(=O)c2cccs2)CC1. The van der Waals surface area contributed by atoms with Gasteiger partial charge in [-0.1, -0.05) is 36.4 Å². The number of likely N-dealkylation sites (tertiary alicyclic amines) is 1. The third-order valence-electron chi connectivity index (χ3n) is 4.27. The lowest BCUT2D eigenvalue weighted by molar-refractivity contribution is -0.137. The highest BCUT2D eigenvalue weighted by atomic mass is 32.2. The summed E-state index contributed by atoms with van der Waals surface area (Å²) >= 11 is 1.20. The van der Waals surface area contributed by atoms with E-state index < -0.39 is 10.0 Å². The first-order chi connectivity index (χ1) is 12.5. The fourth-order valence-corrected chi connectivity index (χ4v) is 5.18. The fourth-order valence-electron chi connectivity index (χ4n) is 2.86. The standard InChI is InChI=1S/C18H22N2O4S2/c21-17(14-24-13-15-5-2-1-3-6-15)20-10-8-16(9-11-20)19-26(22,23)18-7-4-12-25-18/h1-7,12,16,19H,8-11,13-14H2. The first-order valence-electron chi connectivity index (χ1n) is 8.50. The van der Waals surface area contributed by atoms with Crippen LogP contribution in [0, 0.1) is 0 Å². The van der Waals surface area contributed by atoms with Crippen LogP contribution in [0.4, 0.5) is 0 Å². The molecule has 140 valence electrons. The normalized spacial score (nSPS) is 15.9. The number of rotatable bonds is 7. The van der Waals surface area contributed by atoms with Crippen molar-refractivity contribution in [2.45, 2.75) is 29.7 Å². The largest absolute Gasteiger partial charge is 0.367 e. The van der Waals surface area contributed by atoms with E-state index in [1.165, 1.54) is 11.3 Å². The van der Waals surface area contributed by atoms with Crippen molar-refractivity contribution in [3.63, 3.8) is 0 Å². The lowest BCUT2D eigenvalue weighted by atomic mass is 10.1. The van der Waals surface area contributed by atoms with E-state index in [1.807, 2.05) is 30.3 Å². The second-order valence-electron chi connectivity index (χ2n) is 6.19. The van der Waals surface area contributed by atoms with Gasteiger partial charge in [0.2, 0.25) is 15.9 Å². The van der Waals surface area contributed by atoms with Crippen LogP contribution in [0.5, 0.6) is 0 Å². The van der Waals surface area contributed by atoms with Crippen molar-refractivity contribution in [1.29, 1.82) is 0 Å². The van der Waals surface area contributed by atoms with Gasteiger partial charge >= 0.3 is 0 Å². The molecule has 0 spiro atoms. The van der Waals surface area contributed by atoms with Gasteiger partial charge in [0.05, 0.1) is 6.61 Å². The number of thiophene rings is 1. The van der Waals surface area contributed by atoms with Gasteiger partial charge < -0.3 is 9.64 Å². The van der Waals surface area contributed by atoms with Gasteiger partial charge in [0.15, 0.2) is 0 Å². The Morgan fingerprint density at radius 2 is 1.88 bits per heavy atom. The average Bonchev–Trinajstić information content (AvgIpc) is 3.19. The fraction of sp³-hybridized carbons (Fsp3) is 0.389. The molecule has 8 heteroatoms. The van der Waals surface area contributed by atoms with E-state index in [-0.39, 0.29) is 18.6 Å². The van der Waals surface area contributed by atoms with Gasteiger partial charge in [-0.15, -0.1) is 11.3 Å². The second kappa shape index (κ2) is 8.77. The predicted octanol–water partition coefficient (Wildman–Crippen LogP) is 2.23. The minimum atomic E-state index is -3.46. The van der Waals surface area contributed by atoms with Crippen molar-refractivity contribution in [3.05, 3.63) is 53.4 Å². The van der Waals surface area contributed by atoms with Gasteiger partial charge in [-0.25, -0.2) is 13.1 Å². The highest BCUT2D eigenvalue weighted by Gasteiger charge is 2.27. The van der Waals surface area contributed by atoms with Gasteiger partial charge in [0.1, 0.15) is 10.8 Å². The number of carbonyl (C=O) groups is 1. The van der Waals surface area contributed by atoms with Crippen molar-refractivity contribution in [1.82, 2.24) is 9.62 Å². The van der Waals surface area contributed by atoms with Crippen LogP contribution in [0.15, 0.2) is 52.1 Å². The highest BCUT2D eigenvalue weighted by Crippen LogP contribution is 2.18. The summed E-state index contributed by atoms with van der Waals surface area (Å²) in [6.07, 6.45) is 1.21. The van der Waals surface area contributed by atoms with Gasteiger partial charge in [0.25, 0.3) is 0 Å². The number of nitrogens with zero attached hydrogens (tertiary/aromatic N) is 1. The molecule has 0 radical (unpaired) electrons. The molecule has 1 aliphatic heterocycles. The topological polar surface area (TPSA) is 75.7 Å². The summed E-state index contributed by atoms with van der Waals surface area (Å²) in [5, 5.41) is 1.74. The Bertz CT molecular complexity index is 799. The number of hydrogen-bond donors (Lipinski definition) is 1. The third kappa shape index (κ3) is 5.14. The Balaban J connectivity index is 1.41. The van der Waals surface area contributed by atoms with E-state index in [0.717, 1.165) is 5.56 Å². The molecule has 2 aromatic rings. The van der Waals surface area contributed by atoms with E-state index in [0.29, 0.717) is 36.7 Å². The number of piperidine rings is 1. The zero-order valence-corrected chi connectivity index (χ0v) is 16.0. The molecule has 1 saturated heterocycles. The summed E-state index contributed by atoms with van der Waals surface area (Å²) in [7, 11) is -3.46. The Hall–Kier alpha value is -1.74. The first-order valence-corrected chi connectivity index (χ1v) is 10.9. The number of amides is 1. The Morgan fingerprint density at radius 3 is 2.54 bits per heavy atom. The molecular formula is C18H22N2O4S2. The summed E-state index contributed by atoms with van der Waals surface area (Å²) < 4.78 is 33.1. The van der Waals surface area contributed by atoms with Crippen LogP contribution in [0.1, 0.15) is 18.4 Å². The molecule has 3 rings (SSSR count). The number of benzene rings is 1. The molecule has 1 amide bonds. The summed E-state index contributed by atoms with van der Waals surface area (Å²) in [6, 6.07) is 12.9. The highest BCUT2D eigenvalue weighted by molar-refractivity contribution is 7.91. The van der Waals surface area contributed by atoms with Gasteiger partial charge in [-0.2, -0.15) is 0 Å². The summed E-state index contributed by atoms with van der Waals surface area (Å²) in [4.78, 5) is 14.0. The van der Waals surface area contributed by atoms with Crippen molar-refractivity contribution in [2.24, 2.45) is 0 Å². The zero-order chi connectivity index (χ0) is 18.4. The number of sulfonamides is 1. The minimum absolute atomic E-state index is 0.0421. The zero-order valence-electron chi connectivity index (χ0n) is 14.3. The van der Waals surface area contributed by atoms with Gasteiger partial charge in [0, 0.05) is 19.1 Å². The quantitative estimate of drug-likeness (QED) is 0.781. The molecule has 2 heterocycles. The van der Waals surface area contributed by atoms with E-state index in [4.69, 9.17) is 4.74 Å². The molecule has 0 saturated carbocycles. The molecular weight excluding hydrogens is 372 g/mol. The summed E-state index contributed by atoms with van der Waals surface area (Å²) in [5.74, 6) is -0.0551. The lowest BCUT2D eigenvalue weighted by Crippen LogP contribution is -2.47. The molecule has 0 atom stereocenters. The molecule has 26 heavy (non-hydrogen) atoms. The van der Waals surface area contributed by atoms with Crippen LogP contribution < -0.4 is 4.72 Å². The van der Waals surface area contributed by atoms with Crippen LogP contribution in [0.3, 0.4) is 0 Å². The monoisotopic (exact) mass is 394 g/mol. The molecule has 1 fully saturated rings. The van der Waals surface area contributed by atoms with Crippen molar-refractivity contribution in [2.75, 3.05) is 19.7 Å². The van der Waals surface area contributed by atoms with Crippen molar-refractivity contribution < 1.29 is 17.9 Å². The maximum Gasteiger partial charge on any atom is 0.250 e. The minimum Gasteiger partial charge on any atom is -0.367 e. The summed E-state index contributed by atoms with van der Waals surface area (Å²) in [5.41, 5.74) is 1.03. The second-order valence-corrected chi connectivity index (χ2v) is 9.08. The predicted molar refractivity (Wildman–Crippen MR) is 100 cm³/mol. The van der Waals surface area contributed by atoms with Crippen LogP contribution in [-0.2, 0) is 26.2 Å². The van der Waals surface area contributed by atoms with Gasteiger partial charge in [-0.3, -0.25) is 4.79 Å². The van der Waals surface area contributed by atoms with Crippen LogP contribution in [0.25, 0.3) is 0 Å². The Morgan fingerprint density at radius 1 is 1.15 bits per heavy atom. The van der Waals surface area contributed by atoms with Crippen molar-refractivity contribution in [3.8, 4) is 0 Å². The maximum absolute atomic E-state index is 12.3. The molecule has 1 aromatic carbocycles. The van der Waals surface area contributed by atoms with Gasteiger partial charge in [-0.05, 0) is 29.9 Å².